The Morgan fingerprint density at radius 2 is 1.18 bits per heavy atom. The van der Waals surface area contributed by atoms with E-state index in [1.807, 2.05) is 0 Å². The Hall–Kier alpha value is -4.48. The van der Waals surface area contributed by atoms with E-state index in [4.69, 9.17) is 30.6 Å². The molecule has 12 heteroatoms. The Labute approximate surface area is 190 Å². The van der Waals surface area contributed by atoms with Crippen LogP contribution in [0, 0.1) is 17.8 Å². The number of hydrogen-bond donors (Lipinski definition) is 6. The average Bonchev–Trinajstić information content (AvgIpc) is 2.77. The second-order valence-corrected chi connectivity index (χ2v) is 7.61. The summed E-state index contributed by atoms with van der Waals surface area (Å²) in [7, 11) is 0. The first-order valence-corrected chi connectivity index (χ1v) is 9.79. The standard InChI is InChI=1S/C13H8O6.C9H12O6/c14-11(15)6-1-2-9-7(3-6)4-8(12(16)17)5-10(9)13(18)19;10-7(11)4-1-2-5(8(12)13)6(3-4)9(14)15/h1-5H,(H,14,15)(H,16,17)(H,18,19);4-6H,1-3H2,(H,10,11)(H,12,13)(H,14,15). The fraction of sp³-hybridized carbons (Fsp3) is 0.273. The maximum Gasteiger partial charge on any atom is 0.336 e. The van der Waals surface area contributed by atoms with E-state index in [2.05, 4.69) is 0 Å². The SMILES string of the molecule is O=C(O)C1CCC(C(=O)O)C(C(=O)O)C1.O=C(O)c1ccc2c(C(=O)O)cc(C(=O)O)cc2c1. The molecule has 12 nitrogen and oxygen atoms in total. The van der Waals surface area contributed by atoms with Crippen LogP contribution in [0.15, 0.2) is 30.3 Å². The van der Waals surface area contributed by atoms with Crippen molar-refractivity contribution in [2.24, 2.45) is 17.8 Å². The summed E-state index contributed by atoms with van der Waals surface area (Å²) >= 11 is 0. The van der Waals surface area contributed by atoms with Crippen LogP contribution >= 0.6 is 0 Å². The van der Waals surface area contributed by atoms with Crippen molar-refractivity contribution in [1.82, 2.24) is 0 Å². The summed E-state index contributed by atoms with van der Waals surface area (Å²) in [6.07, 6.45) is 0.251. The Morgan fingerprint density at radius 3 is 1.65 bits per heavy atom. The van der Waals surface area contributed by atoms with E-state index in [1.165, 1.54) is 24.3 Å². The number of aliphatic carboxylic acids is 3. The first-order valence-electron chi connectivity index (χ1n) is 9.79. The third-order valence-electron chi connectivity index (χ3n) is 5.51. The van der Waals surface area contributed by atoms with Gasteiger partial charge in [0.1, 0.15) is 0 Å². The smallest absolute Gasteiger partial charge is 0.336 e. The second kappa shape index (κ2) is 10.4. The van der Waals surface area contributed by atoms with Gasteiger partial charge in [-0.25, -0.2) is 14.4 Å². The monoisotopic (exact) mass is 476 g/mol. The molecular formula is C22H20O12. The van der Waals surface area contributed by atoms with Crippen LogP contribution in [-0.2, 0) is 14.4 Å². The van der Waals surface area contributed by atoms with Crippen LogP contribution < -0.4 is 0 Å². The highest BCUT2D eigenvalue weighted by molar-refractivity contribution is 6.08. The van der Waals surface area contributed by atoms with Gasteiger partial charge in [-0.2, -0.15) is 0 Å². The summed E-state index contributed by atoms with van der Waals surface area (Å²) in [5.41, 5.74) is -0.411. The zero-order valence-corrected chi connectivity index (χ0v) is 17.4. The normalized spacial score (nSPS) is 19.4. The molecular weight excluding hydrogens is 456 g/mol. The number of fused-ring (bicyclic) bond motifs is 1. The van der Waals surface area contributed by atoms with Gasteiger partial charge in [-0.05, 0) is 54.3 Å². The summed E-state index contributed by atoms with van der Waals surface area (Å²) in [5, 5.41) is 53.7. The lowest BCUT2D eigenvalue weighted by molar-refractivity contribution is -0.159. The minimum Gasteiger partial charge on any atom is -0.481 e. The minimum absolute atomic E-state index is 0.0358. The highest BCUT2D eigenvalue weighted by Crippen LogP contribution is 2.34. The van der Waals surface area contributed by atoms with Crippen molar-refractivity contribution in [3.05, 3.63) is 47.0 Å². The first kappa shape index (κ1) is 25.8. The zero-order chi connectivity index (χ0) is 25.7. The Balaban J connectivity index is 0.000000248. The van der Waals surface area contributed by atoms with Crippen molar-refractivity contribution < 1.29 is 59.4 Å². The quantitative estimate of drug-likeness (QED) is 0.353. The molecule has 3 rings (SSSR count). The molecule has 0 aromatic heterocycles. The van der Waals surface area contributed by atoms with E-state index < -0.39 is 53.6 Å². The summed E-state index contributed by atoms with van der Waals surface area (Å²) in [6, 6.07) is 6.17. The number of hydrogen-bond acceptors (Lipinski definition) is 6. The van der Waals surface area contributed by atoms with Crippen molar-refractivity contribution >= 4 is 46.6 Å². The molecule has 0 aliphatic heterocycles. The van der Waals surface area contributed by atoms with Crippen LogP contribution in [0.3, 0.4) is 0 Å². The van der Waals surface area contributed by atoms with Crippen LogP contribution in [0.5, 0.6) is 0 Å². The Kier molecular flexibility index (Phi) is 7.90. The molecule has 2 aromatic rings. The van der Waals surface area contributed by atoms with Gasteiger partial charge < -0.3 is 30.6 Å². The van der Waals surface area contributed by atoms with Gasteiger partial charge in [-0.1, -0.05) is 6.07 Å². The largest absolute Gasteiger partial charge is 0.481 e. The summed E-state index contributed by atoms with van der Waals surface area (Å²) in [6.45, 7) is 0. The number of carboxylic acid groups (broad SMARTS) is 6. The molecule has 0 saturated heterocycles. The molecule has 6 N–H and O–H groups in total. The lowest BCUT2D eigenvalue weighted by Gasteiger charge is -2.29. The maximum atomic E-state index is 11.1. The summed E-state index contributed by atoms with van der Waals surface area (Å²) in [5.74, 6) is -9.93. The number of carboxylic acids is 6. The molecule has 3 atom stereocenters. The number of benzene rings is 2. The van der Waals surface area contributed by atoms with Gasteiger partial charge in [0.2, 0.25) is 0 Å². The molecule has 34 heavy (non-hydrogen) atoms. The van der Waals surface area contributed by atoms with E-state index in [0.717, 1.165) is 6.07 Å². The Bertz CT molecular complexity index is 1180. The molecule has 1 aliphatic carbocycles. The number of aromatic carboxylic acids is 3. The van der Waals surface area contributed by atoms with E-state index in [9.17, 15) is 28.8 Å². The fourth-order valence-corrected chi connectivity index (χ4v) is 3.77. The van der Waals surface area contributed by atoms with Gasteiger partial charge in [0.25, 0.3) is 0 Å². The van der Waals surface area contributed by atoms with Crippen molar-refractivity contribution in [3.63, 3.8) is 0 Å². The lowest BCUT2D eigenvalue weighted by Crippen LogP contribution is -2.37. The van der Waals surface area contributed by atoms with Crippen molar-refractivity contribution in [2.75, 3.05) is 0 Å². The predicted molar refractivity (Wildman–Crippen MR) is 112 cm³/mol. The number of carbonyl (C=O) groups is 6. The van der Waals surface area contributed by atoms with E-state index >= 15 is 0 Å². The highest BCUT2D eigenvalue weighted by Gasteiger charge is 2.41. The molecule has 3 unspecified atom stereocenters. The molecule has 1 fully saturated rings. The molecule has 180 valence electrons. The summed E-state index contributed by atoms with van der Waals surface area (Å²) < 4.78 is 0. The minimum atomic E-state index is -1.27. The van der Waals surface area contributed by atoms with Gasteiger partial charge in [-0.15, -0.1) is 0 Å². The first-order chi connectivity index (χ1) is 15.8. The topological polar surface area (TPSA) is 224 Å². The molecule has 0 amide bonds. The van der Waals surface area contributed by atoms with Crippen LogP contribution in [0.25, 0.3) is 10.8 Å². The zero-order valence-electron chi connectivity index (χ0n) is 17.4. The van der Waals surface area contributed by atoms with Gasteiger partial charge >= 0.3 is 35.8 Å². The second-order valence-electron chi connectivity index (χ2n) is 7.61. The molecule has 2 aromatic carbocycles. The molecule has 0 bridgehead atoms. The number of rotatable bonds is 6. The predicted octanol–water partition coefficient (Wildman–Crippen LogP) is 2.21. The van der Waals surface area contributed by atoms with E-state index in [1.54, 1.807) is 0 Å². The van der Waals surface area contributed by atoms with Gasteiger partial charge in [0.05, 0.1) is 34.4 Å². The third kappa shape index (κ3) is 5.85. The average molecular weight is 476 g/mol. The maximum absolute atomic E-state index is 11.1. The van der Waals surface area contributed by atoms with Crippen molar-refractivity contribution in [1.29, 1.82) is 0 Å². The van der Waals surface area contributed by atoms with Crippen LogP contribution in [0.2, 0.25) is 0 Å². The van der Waals surface area contributed by atoms with Gasteiger partial charge in [0, 0.05) is 0 Å². The molecule has 0 spiro atoms. The van der Waals surface area contributed by atoms with Crippen LogP contribution in [0.1, 0.15) is 50.3 Å². The van der Waals surface area contributed by atoms with E-state index in [0.29, 0.717) is 5.39 Å². The van der Waals surface area contributed by atoms with Crippen LogP contribution in [-0.4, -0.2) is 66.5 Å². The van der Waals surface area contributed by atoms with Crippen molar-refractivity contribution in [3.8, 4) is 0 Å². The van der Waals surface area contributed by atoms with Crippen LogP contribution in [0.4, 0.5) is 0 Å². The molecule has 0 radical (unpaired) electrons. The molecule has 1 aliphatic rings. The fourth-order valence-electron chi connectivity index (χ4n) is 3.77. The van der Waals surface area contributed by atoms with Gasteiger partial charge in [0.15, 0.2) is 0 Å². The molecule has 1 saturated carbocycles. The highest BCUT2D eigenvalue weighted by atomic mass is 16.4. The van der Waals surface area contributed by atoms with E-state index in [-0.39, 0.29) is 41.3 Å². The van der Waals surface area contributed by atoms with Crippen molar-refractivity contribution in [2.45, 2.75) is 19.3 Å². The van der Waals surface area contributed by atoms with Gasteiger partial charge in [-0.3, -0.25) is 14.4 Å². The third-order valence-corrected chi connectivity index (χ3v) is 5.51. The molecule has 0 heterocycles. The summed E-state index contributed by atoms with van der Waals surface area (Å²) in [4.78, 5) is 65.1. The Morgan fingerprint density at radius 1 is 0.618 bits per heavy atom. The lowest BCUT2D eigenvalue weighted by atomic mass is 9.74.